The van der Waals surface area contributed by atoms with E-state index in [4.69, 9.17) is 14.2 Å². The Bertz CT molecular complexity index is 1420. The predicted molar refractivity (Wildman–Crippen MR) is 130 cm³/mol. The Labute approximate surface area is 210 Å². The van der Waals surface area contributed by atoms with Gasteiger partial charge in [0.15, 0.2) is 23.1 Å². The van der Waals surface area contributed by atoms with Crippen LogP contribution in [0.3, 0.4) is 0 Å². The SMILES string of the molecule is COc1cc2c(Oc3ccc4[nH]c(C)cc4c3F)ncnc2cc1OC(CC(F)(F)F)C1CCNCC1. The van der Waals surface area contributed by atoms with E-state index in [1.54, 1.807) is 12.1 Å². The van der Waals surface area contributed by atoms with Gasteiger partial charge in [-0.05, 0) is 63.0 Å². The predicted octanol–water partition coefficient (Wildman–Crippen LogP) is 6.06. The average Bonchev–Trinajstić information content (AvgIpc) is 3.26. The van der Waals surface area contributed by atoms with Gasteiger partial charge in [0.2, 0.25) is 5.88 Å². The lowest BCUT2D eigenvalue weighted by Gasteiger charge is -2.32. The molecule has 7 nitrogen and oxygen atoms in total. The molecule has 3 heterocycles. The van der Waals surface area contributed by atoms with Crippen LogP contribution in [0.5, 0.6) is 23.1 Å². The van der Waals surface area contributed by atoms with Gasteiger partial charge in [0.05, 0.1) is 24.4 Å². The first-order chi connectivity index (χ1) is 17.7. The van der Waals surface area contributed by atoms with Gasteiger partial charge in [-0.15, -0.1) is 0 Å². The van der Waals surface area contributed by atoms with Crippen LogP contribution in [0.4, 0.5) is 17.6 Å². The van der Waals surface area contributed by atoms with Crippen LogP contribution in [0.1, 0.15) is 25.0 Å². The molecule has 0 amide bonds. The highest BCUT2D eigenvalue weighted by Crippen LogP contribution is 2.40. The van der Waals surface area contributed by atoms with Crippen molar-refractivity contribution in [2.45, 2.75) is 38.5 Å². The molecule has 1 unspecified atom stereocenters. The van der Waals surface area contributed by atoms with Gasteiger partial charge in [0.25, 0.3) is 0 Å². The topological polar surface area (TPSA) is 81.3 Å². The number of aromatic nitrogens is 3. The van der Waals surface area contributed by atoms with Crippen LogP contribution >= 0.6 is 0 Å². The Hall–Kier alpha value is -3.60. The monoisotopic (exact) mass is 518 g/mol. The maximum absolute atomic E-state index is 15.1. The molecule has 0 radical (unpaired) electrons. The van der Waals surface area contributed by atoms with Crippen molar-refractivity contribution in [3.8, 4) is 23.1 Å². The average molecular weight is 519 g/mol. The zero-order valence-corrected chi connectivity index (χ0v) is 20.3. The molecule has 0 aliphatic carbocycles. The van der Waals surface area contributed by atoms with Crippen molar-refractivity contribution in [3.63, 3.8) is 0 Å². The molecule has 0 bridgehead atoms. The summed E-state index contributed by atoms with van der Waals surface area (Å²) >= 11 is 0. The van der Waals surface area contributed by atoms with Crippen LogP contribution in [0.2, 0.25) is 0 Å². The first-order valence-electron chi connectivity index (χ1n) is 11.9. The van der Waals surface area contributed by atoms with Gasteiger partial charge in [-0.2, -0.15) is 13.2 Å². The van der Waals surface area contributed by atoms with Crippen LogP contribution in [0, 0.1) is 18.7 Å². The zero-order valence-electron chi connectivity index (χ0n) is 20.3. The summed E-state index contributed by atoms with van der Waals surface area (Å²) in [6.07, 6.45) is -4.13. The fourth-order valence-corrected chi connectivity index (χ4v) is 4.76. The molecule has 2 N–H and O–H groups in total. The molecule has 2 aromatic carbocycles. The molecule has 196 valence electrons. The number of hydrogen-bond acceptors (Lipinski definition) is 6. The van der Waals surface area contributed by atoms with Crippen molar-refractivity contribution >= 4 is 21.8 Å². The van der Waals surface area contributed by atoms with Crippen molar-refractivity contribution in [3.05, 3.63) is 48.2 Å². The Morgan fingerprint density at radius 3 is 2.54 bits per heavy atom. The minimum atomic E-state index is -4.38. The number of alkyl halides is 3. The van der Waals surface area contributed by atoms with Crippen molar-refractivity contribution in [2.24, 2.45) is 5.92 Å². The molecule has 2 aromatic heterocycles. The van der Waals surface area contributed by atoms with Gasteiger partial charge in [-0.1, -0.05) is 0 Å². The number of aromatic amines is 1. The molecule has 0 spiro atoms. The number of benzene rings is 2. The Balaban J connectivity index is 1.49. The van der Waals surface area contributed by atoms with E-state index in [0.717, 1.165) is 5.69 Å². The number of H-pyrrole nitrogens is 1. The second-order valence-electron chi connectivity index (χ2n) is 9.16. The summed E-state index contributed by atoms with van der Waals surface area (Å²) in [5.74, 6) is -0.416. The molecule has 1 atom stereocenters. The number of aryl methyl sites for hydroxylation is 1. The van der Waals surface area contributed by atoms with E-state index >= 15 is 4.39 Å². The zero-order chi connectivity index (χ0) is 26.2. The summed E-state index contributed by atoms with van der Waals surface area (Å²) in [5, 5.41) is 3.94. The van der Waals surface area contributed by atoms with Crippen molar-refractivity contribution in [1.82, 2.24) is 20.3 Å². The highest BCUT2D eigenvalue weighted by molar-refractivity contribution is 5.87. The summed E-state index contributed by atoms with van der Waals surface area (Å²) in [7, 11) is 1.39. The van der Waals surface area contributed by atoms with E-state index in [2.05, 4.69) is 20.3 Å². The number of fused-ring (bicyclic) bond motifs is 2. The van der Waals surface area contributed by atoms with E-state index in [1.165, 1.54) is 31.6 Å². The summed E-state index contributed by atoms with van der Waals surface area (Å²) in [6.45, 7) is 3.10. The van der Waals surface area contributed by atoms with E-state index in [0.29, 0.717) is 47.7 Å². The largest absolute Gasteiger partial charge is 0.493 e. The molecule has 5 rings (SSSR count). The van der Waals surface area contributed by atoms with Crippen LogP contribution < -0.4 is 19.5 Å². The summed E-state index contributed by atoms with van der Waals surface area (Å²) in [4.78, 5) is 11.5. The third-order valence-corrected chi connectivity index (χ3v) is 6.55. The normalized spacial score (nSPS) is 15.7. The third kappa shape index (κ3) is 5.41. The maximum atomic E-state index is 15.1. The fourth-order valence-electron chi connectivity index (χ4n) is 4.76. The number of ether oxygens (including phenoxy) is 3. The number of nitrogens with one attached hydrogen (secondary N) is 2. The number of hydrogen-bond donors (Lipinski definition) is 2. The quantitative estimate of drug-likeness (QED) is 0.290. The minimum absolute atomic E-state index is 0.0260. The molecule has 37 heavy (non-hydrogen) atoms. The minimum Gasteiger partial charge on any atom is -0.493 e. The lowest BCUT2D eigenvalue weighted by atomic mass is 9.90. The summed E-state index contributed by atoms with van der Waals surface area (Å²) < 4.78 is 72.5. The van der Waals surface area contributed by atoms with Crippen molar-refractivity contribution < 1.29 is 31.8 Å². The molecule has 1 saturated heterocycles. The first kappa shape index (κ1) is 25.1. The lowest BCUT2D eigenvalue weighted by molar-refractivity contribution is -0.157. The molecule has 1 aliphatic rings. The fraction of sp³-hybridized carbons (Fsp3) is 0.385. The van der Waals surface area contributed by atoms with Crippen LogP contribution in [-0.2, 0) is 0 Å². The molecule has 0 saturated carbocycles. The Morgan fingerprint density at radius 1 is 1.03 bits per heavy atom. The number of methoxy groups -OCH3 is 1. The van der Waals surface area contributed by atoms with E-state index in [-0.39, 0.29) is 29.0 Å². The van der Waals surface area contributed by atoms with E-state index in [1.807, 2.05) is 6.92 Å². The highest BCUT2D eigenvalue weighted by Gasteiger charge is 2.38. The third-order valence-electron chi connectivity index (χ3n) is 6.55. The second-order valence-corrected chi connectivity index (χ2v) is 9.16. The van der Waals surface area contributed by atoms with Gasteiger partial charge < -0.3 is 24.5 Å². The Kier molecular flexibility index (Phi) is 6.80. The van der Waals surface area contributed by atoms with Gasteiger partial charge >= 0.3 is 6.18 Å². The Morgan fingerprint density at radius 2 is 1.81 bits per heavy atom. The molecule has 1 fully saturated rings. The highest BCUT2D eigenvalue weighted by atomic mass is 19.4. The molecular formula is C26H26F4N4O3. The molecule has 1 aliphatic heterocycles. The summed E-state index contributed by atoms with van der Waals surface area (Å²) in [6, 6.07) is 7.92. The van der Waals surface area contributed by atoms with Crippen LogP contribution in [0.15, 0.2) is 36.7 Å². The van der Waals surface area contributed by atoms with Crippen molar-refractivity contribution in [1.29, 1.82) is 0 Å². The number of piperidine rings is 1. The summed E-state index contributed by atoms with van der Waals surface area (Å²) in [5.41, 5.74) is 1.81. The smallest absolute Gasteiger partial charge is 0.392 e. The van der Waals surface area contributed by atoms with Crippen LogP contribution in [0.25, 0.3) is 21.8 Å². The van der Waals surface area contributed by atoms with E-state index < -0.39 is 24.5 Å². The van der Waals surface area contributed by atoms with Gasteiger partial charge in [0.1, 0.15) is 12.4 Å². The van der Waals surface area contributed by atoms with Gasteiger partial charge in [-0.25, -0.2) is 14.4 Å². The van der Waals surface area contributed by atoms with Crippen molar-refractivity contribution in [2.75, 3.05) is 20.2 Å². The maximum Gasteiger partial charge on any atom is 0.392 e. The van der Waals surface area contributed by atoms with Crippen LogP contribution in [-0.4, -0.2) is 47.4 Å². The van der Waals surface area contributed by atoms with E-state index in [9.17, 15) is 13.2 Å². The van der Waals surface area contributed by atoms with Gasteiger partial charge in [0, 0.05) is 22.7 Å². The molecule has 4 aromatic rings. The molecule has 11 heteroatoms. The number of rotatable bonds is 7. The second kappa shape index (κ2) is 10.0. The molecular weight excluding hydrogens is 492 g/mol. The standard InChI is InChI=1S/C26H26F4N4O3/c1-14-9-16-18(34-14)3-4-20(24(16)27)37-25-17-10-21(35-2)22(11-19(17)32-13-33-25)36-23(12-26(28,29)30)15-5-7-31-8-6-15/h3-4,9-11,13,15,23,31,34H,5-8,12H2,1-2H3. The lowest BCUT2D eigenvalue weighted by Crippen LogP contribution is -2.39. The first-order valence-corrected chi connectivity index (χ1v) is 11.9. The number of halogens is 4. The number of nitrogens with zero attached hydrogens (tertiary/aromatic N) is 2. The van der Waals surface area contributed by atoms with Gasteiger partial charge in [-0.3, -0.25) is 0 Å².